The van der Waals surface area contributed by atoms with Crippen LogP contribution in [0.4, 0.5) is 0 Å². The molecular formula is C9H14. The molecule has 1 saturated carbocycles. The Balaban J connectivity index is 2.27. The SMILES string of the molecule is CC1(C)C2C=CCC1C2. The van der Waals surface area contributed by atoms with Gasteiger partial charge in [-0.2, -0.15) is 0 Å². The largest absolute Gasteiger partial charge is 0.0879 e. The quantitative estimate of drug-likeness (QED) is 0.433. The van der Waals surface area contributed by atoms with Gasteiger partial charge in [-0.25, -0.2) is 0 Å². The molecule has 2 atom stereocenters. The van der Waals surface area contributed by atoms with E-state index in [9.17, 15) is 0 Å². The van der Waals surface area contributed by atoms with E-state index in [0.29, 0.717) is 5.41 Å². The van der Waals surface area contributed by atoms with Gasteiger partial charge in [0.2, 0.25) is 0 Å². The van der Waals surface area contributed by atoms with Crippen molar-refractivity contribution in [3.8, 4) is 0 Å². The third-order valence-electron chi connectivity index (χ3n) is 3.34. The lowest BCUT2D eigenvalue weighted by Gasteiger charge is -2.53. The molecule has 2 unspecified atom stereocenters. The summed E-state index contributed by atoms with van der Waals surface area (Å²) >= 11 is 0. The fraction of sp³-hybridized carbons (Fsp3) is 0.778. The smallest absolute Gasteiger partial charge is 0.0176 e. The summed E-state index contributed by atoms with van der Waals surface area (Å²) < 4.78 is 0. The number of hydrogen-bond donors (Lipinski definition) is 0. The summed E-state index contributed by atoms with van der Waals surface area (Å²) in [7, 11) is 0. The van der Waals surface area contributed by atoms with Crippen LogP contribution >= 0.6 is 0 Å². The summed E-state index contributed by atoms with van der Waals surface area (Å²) in [5.41, 5.74) is 0.648. The van der Waals surface area contributed by atoms with Gasteiger partial charge in [-0.1, -0.05) is 26.0 Å². The normalized spacial score (nSPS) is 44.2. The summed E-state index contributed by atoms with van der Waals surface area (Å²) in [4.78, 5) is 0. The first kappa shape index (κ1) is 5.52. The molecule has 0 nitrogen and oxygen atoms in total. The summed E-state index contributed by atoms with van der Waals surface area (Å²) in [5, 5.41) is 0. The first-order valence-corrected chi connectivity index (χ1v) is 3.88. The Morgan fingerprint density at radius 3 is 2.44 bits per heavy atom. The van der Waals surface area contributed by atoms with Crippen molar-refractivity contribution in [2.24, 2.45) is 17.3 Å². The Kier molecular flexibility index (Phi) is 0.870. The lowest BCUT2D eigenvalue weighted by atomic mass is 9.51. The van der Waals surface area contributed by atoms with Crippen LogP contribution in [0.5, 0.6) is 0 Å². The molecular weight excluding hydrogens is 108 g/mol. The van der Waals surface area contributed by atoms with Gasteiger partial charge < -0.3 is 0 Å². The second-order valence-electron chi connectivity index (χ2n) is 4.02. The minimum absolute atomic E-state index is 0.648. The maximum absolute atomic E-state index is 2.40. The zero-order chi connectivity index (χ0) is 6.48. The zero-order valence-corrected chi connectivity index (χ0v) is 6.22. The fourth-order valence-corrected chi connectivity index (χ4v) is 2.19. The Bertz CT molecular complexity index is 153. The molecule has 0 amide bonds. The maximum Gasteiger partial charge on any atom is -0.0176 e. The van der Waals surface area contributed by atoms with Crippen molar-refractivity contribution in [2.45, 2.75) is 26.7 Å². The van der Waals surface area contributed by atoms with Gasteiger partial charge in [0, 0.05) is 0 Å². The third-order valence-corrected chi connectivity index (χ3v) is 3.34. The molecule has 0 saturated heterocycles. The van der Waals surface area contributed by atoms with E-state index in [1.54, 1.807) is 0 Å². The molecule has 0 spiro atoms. The second kappa shape index (κ2) is 1.42. The van der Waals surface area contributed by atoms with Gasteiger partial charge in [-0.15, -0.1) is 0 Å². The molecule has 2 bridgehead atoms. The highest BCUT2D eigenvalue weighted by Gasteiger charge is 2.47. The van der Waals surface area contributed by atoms with Crippen molar-refractivity contribution in [2.75, 3.05) is 0 Å². The molecule has 0 heterocycles. The summed E-state index contributed by atoms with van der Waals surface area (Å²) in [6, 6.07) is 0. The van der Waals surface area contributed by atoms with E-state index in [0.717, 1.165) is 11.8 Å². The van der Waals surface area contributed by atoms with Gasteiger partial charge >= 0.3 is 0 Å². The first-order valence-electron chi connectivity index (χ1n) is 3.88. The molecule has 3 aliphatic rings. The molecule has 3 aliphatic carbocycles. The van der Waals surface area contributed by atoms with Crippen molar-refractivity contribution in [3.63, 3.8) is 0 Å². The van der Waals surface area contributed by atoms with Gasteiger partial charge in [-0.3, -0.25) is 0 Å². The van der Waals surface area contributed by atoms with E-state index < -0.39 is 0 Å². The van der Waals surface area contributed by atoms with Crippen molar-refractivity contribution in [1.82, 2.24) is 0 Å². The van der Waals surface area contributed by atoms with Crippen LogP contribution in [0, 0.1) is 17.3 Å². The highest BCUT2D eigenvalue weighted by Crippen LogP contribution is 2.56. The lowest BCUT2D eigenvalue weighted by Crippen LogP contribution is -2.45. The first-order chi connectivity index (χ1) is 4.21. The topological polar surface area (TPSA) is 0 Å². The van der Waals surface area contributed by atoms with Crippen LogP contribution in [0.2, 0.25) is 0 Å². The Morgan fingerprint density at radius 2 is 2.22 bits per heavy atom. The monoisotopic (exact) mass is 122 g/mol. The number of fused-ring (bicyclic) bond motifs is 1. The van der Waals surface area contributed by atoms with Gasteiger partial charge in [-0.05, 0) is 30.1 Å². The van der Waals surface area contributed by atoms with Gasteiger partial charge in [0.05, 0.1) is 0 Å². The molecule has 0 aromatic heterocycles. The summed E-state index contributed by atoms with van der Waals surface area (Å²) in [6.07, 6.45) is 7.55. The molecule has 0 N–H and O–H groups in total. The number of hydrogen-bond acceptors (Lipinski definition) is 0. The predicted molar refractivity (Wildman–Crippen MR) is 39.1 cm³/mol. The Morgan fingerprint density at radius 1 is 1.44 bits per heavy atom. The molecule has 0 aliphatic heterocycles. The summed E-state index contributed by atoms with van der Waals surface area (Å²) in [5.74, 6) is 1.92. The van der Waals surface area contributed by atoms with Gasteiger partial charge in [0.1, 0.15) is 0 Å². The number of allylic oxidation sites excluding steroid dienone is 2. The van der Waals surface area contributed by atoms with Crippen LogP contribution in [0.25, 0.3) is 0 Å². The average Bonchev–Trinajstić information content (AvgIpc) is 1.89. The van der Waals surface area contributed by atoms with Crippen LogP contribution in [0.15, 0.2) is 12.2 Å². The van der Waals surface area contributed by atoms with Crippen molar-refractivity contribution in [3.05, 3.63) is 12.2 Å². The molecule has 0 radical (unpaired) electrons. The second-order valence-corrected chi connectivity index (χ2v) is 4.02. The molecule has 1 fully saturated rings. The third kappa shape index (κ3) is 0.540. The molecule has 0 heteroatoms. The standard InChI is InChI=1S/C9H14/c1-9(2)7-4-3-5-8(9)6-7/h3-4,7-8H,5-6H2,1-2H3. The van der Waals surface area contributed by atoms with E-state index in [-0.39, 0.29) is 0 Å². The Labute approximate surface area is 57.0 Å². The van der Waals surface area contributed by atoms with Gasteiger partial charge in [0.25, 0.3) is 0 Å². The Hall–Kier alpha value is -0.260. The van der Waals surface area contributed by atoms with Crippen LogP contribution in [-0.4, -0.2) is 0 Å². The molecule has 0 aromatic rings. The highest BCUT2D eigenvalue weighted by molar-refractivity contribution is 5.12. The van der Waals surface area contributed by atoms with E-state index in [1.807, 2.05) is 0 Å². The maximum atomic E-state index is 2.40. The molecule has 0 aromatic carbocycles. The lowest BCUT2D eigenvalue weighted by molar-refractivity contribution is 0.00320. The van der Waals surface area contributed by atoms with Crippen LogP contribution in [-0.2, 0) is 0 Å². The van der Waals surface area contributed by atoms with Crippen LogP contribution in [0.3, 0.4) is 0 Å². The summed E-state index contributed by atoms with van der Waals surface area (Å²) in [6.45, 7) is 4.80. The van der Waals surface area contributed by atoms with E-state index in [4.69, 9.17) is 0 Å². The van der Waals surface area contributed by atoms with Crippen molar-refractivity contribution in [1.29, 1.82) is 0 Å². The predicted octanol–water partition coefficient (Wildman–Crippen LogP) is 2.61. The number of rotatable bonds is 0. The van der Waals surface area contributed by atoms with Crippen molar-refractivity contribution >= 4 is 0 Å². The van der Waals surface area contributed by atoms with Crippen molar-refractivity contribution < 1.29 is 0 Å². The van der Waals surface area contributed by atoms with E-state index in [2.05, 4.69) is 26.0 Å². The van der Waals surface area contributed by atoms with E-state index in [1.165, 1.54) is 12.8 Å². The molecule has 3 rings (SSSR count). The van der Waals surface area contributed by atoms with Gasteiger partial charge in [0.15, 0.2) is 0 Å². The minimum Gasteiger partial charge on any atom is -0.0879 e. The van der Waals surface area contributed by atoms with Crippen LogP contribution < -0.4 is 0 Å². The van der Waals surface area contributed by atoms with E-state index >= 15 is 0 Å². The molecule has 50 valence electrons. The average molecular weight is 122 g/mol. The fourth-order valence-electron chi connectivity index (χ4n) is 2.19. The van der Waals surface area contributed by atoms with Crippen LogP contribution in [0.1, 0.15) is 26.7 Å². The minimum atomic E-state index is 0.648. The molecule has 9 heavy (non-hydrogen) atoms. The zero-order valence-electron chi connectivity index (χ0n) is 6.22. The highest BCUT2D eigenvalue weighted by atomic mass is 14.5.